The number of benzene rings is 6. The molecular formula is C53H54F6N4O4S2. The number of aryl methyl sites for hydroxylation is 6. The summed E-state index contributed by atoms with van der Waals surface area (Å²) < 4.78 is 133. The Bertz CT molecular complexity index is 3270. The van der Waals surface area contributed by atoms with Crippen LogP contribution in [-0.4, -0.2) is 62.1 Å². The summed E-state index contributed by atoms with van der Waals surface area (Å²) in [5.74, 6) is 0. The third-order valence-electron chi connectivity index (χ3n) is 11.7. The first kappa shape index (κ1) is 52.2. The van der Waals surface area contributed by atoms with Crippen molar-refractivity contribution in [1.29, 1.82) is 0 Å². The van der Waals surface area contributed by atoms with Crippen LogP contribution in [0.25, 0.3) is 44.1 Å². The van der Waals surface area contributed by atoms with Crippen LogP contribution in [0, 0.1) is 41.5 Å². The number of nitrogens with one attached hydrogen (secondary N) is 3. The van der Waals surface area contributed by atoms with E-state index in [0.29, 0.717) is 43.0 Å². The van der Waals surface area contributed by atoms with E-state index >= 15 is 0 Å². The minimum absolute atomic E-state index is 0. The fraction of sp³-hybridized carbons (Fsp3) is 0.245. The van der Waals surface area contributed by atoms with Crippen LogP contribution in [0.5, 0.6) is 0 Å². The topological polar surface area (TPSA) is 115 Å². The number of alkyl halides is 6. The molecular weight excluding hydrogens is 935 g/mol. The van der Waals surface area contributed by atoms with Gasteiger partial charge in [-0.1, -0.05) is 128 Å². The quantitative estimate of drug-likeness (QED) is 0.0987. The Hall–Kier alpha value is -6.20. The number of halogens is 6. The Morgan fingerprint density at radius 2 is 1.12 bits per heavy atom. The second kappa shape index (κ2) is 20.4. The summed E-state index contributed by atoms with van der Waals surface area (Å²) >= 11 is 0. The van der Waals surface area contributed by atoms with Gasteiger partial charge in [0.25, 0.3) is 0 Å². The second-order valence-electron chi connectivity index (χ2n) is 17.0. The molecule has 3 atom stereocenters. The zero-order chi connectivity index (χ0) is 49.3. The van der Waals surface area contributed by atoms with Crippen molar-refractivity contribution >= 4 is 41.9 Å². The lowest BCUT2D eigenvalue weighted by atomic mass is 9.96. The van der Waals surface area contributed by atoms with Crippen LogP contribution in [0.1, 0.15) is 46.4 Å². The Labute approximate surface area is 399 Å². The average Bonchev–Trinajstić information content (AvgIpc) is 3.81. The Morgan fingerprint density at radius 3 is 1.62 bits per heavy atom. The molecule has 69 heavy (non-hydrogen) atoms. The van der Waals surface area contributed by atoms with Crippen LogP contribution in [-0.2, 0) is 26.5 Å². The Morgan fingerprint density at radius 1 is 0.623 bits per heavy atom. The molecule has 3 heterocycles. The number of fused-ring (bicyclic) bond motifs is 2. The third-order valence-corrected chi connectivity index (χ3v) is 15.6. The van der Waals surface area contributed by atoms with Crippen molar-refractivity contribution in [2.24, 2.45) is 0 Å². The first-order chi connectivity index (χ1) is 32.0. The maximum atomic E-state index is 14.1. The van der Waals surface area contributed by atoms with Gasteiger partial charge in [0.1, 0.15) is 12.1 Å². The Kier molecular flexibility index (Phi) is 15.4. The summed E-state index contributed by atoms with van der Waals surface area (Å²) in [6.45, 7) is 9.50. The molecule has 6 aromatic carbocycles. The van der Waals surface area contributed by atoms with Gasteiger partial charge in [-0.05, 0) is 116 Å². The summed E-state index contributed by atoms with van der Waals surface area (Å²) in [6, 6.07) is 36.2. The normalized spacial score (nSPS) is 15.4. The van der Waals surface area contributed by atoms with Crippen LogP contribution in [0.4, 0.5) is 26.3 Å². The number of hydrogen-bond donors (Lipinski definition) is 3. The molecule has 0 aliphatic carbocycles. The van der Waals surface area contributed by atoms with Crippen LogP contribution >= 0.6 is 0 Å². The lowest BCUT2D eigenvalue weighted by Crippen LogP contribution is -2.47. The lowest BCUT2D eigenvalue weighted by Gasteiger charge is -2.23. The molecule has 3 unspecified atom stereocenters. The van der Waals surface area contributed by atoms with Crippen molar-refractivity contribution < 1.29 is 43.2 Å². The van der Waals surface area contributed by atoms with E-state index in [-0.39, 0.29) is 17.2 Å². The highest BCUT2D eigenvalue weighted by Gasteiger charge is 2.60. The summed E-state index contributed by atoms with van der Waals surface area (Å²) in [5, 5.41) is 1.92. The molecule has 3 N–H and O–H groups in total. The number of aromatic amines is 2. The summed E-state index contributed by atoms with van der Waals surface area (Å²) in [7, 11) is -8.48. The molecule has 1 saturated heterocycles. The largest absolute Gasteiger partial charge is 0.406 e. The first-order valence-corrected chi connectivity index (χ1v) is 24.5. The smallest absolute Gasteiger partial charge is 0.361 e. The number of aromatic nitrogens is 2. The van der Waals surface area contributed by atoms with Gasteiger partial charge in [-0.25, -0.2) is 16.8 Å². The average molecular weight is 989 g/mol. The molecule has 0 bridgehead atoms. The lowest BCUT2D eigenvalue weighted by molar-refractivity contribution is -0.150. The van der Waals surface area contributed by atoms with Crippen LogP contribution in [0.3, 0.4) is 0 Å². The van der Waals surface area contributed by atoms with Crippen molar-refractivity contribution in [2.45, 2.75) is 89.6 Å². The minimum Gasteiger partial charge on any atom is -0.361 e. The molecule has 1 fully saturated rings. The van der Waals surface area contributed by atoms with E-state index in [1.54, 1.807) is 58.0 Å². The number of hydrogen-bond acceptors (Lipinski definition) is 4. The van der Waals surface area contributed by atoms with E-state index in [1.807, 2.05) is 73.3 Å². The molecule has 0 radical (unpaired) electrons. The maximum absolute atomic E-state index is 14.1. The van der Waals surface area contributed by atoms with Crippen molar-refractivity contribution in [1.82, 2.24) is 19.0 Å². The number of H-pyrrole nitrogens is 2. The first-order valence-electron chi connectivity index (χ1n) is 21.6. The zero-order valence-corrected chi connectivity index (χ0v) is 39.6. The van der Waals surface area contributed by atoms with Gasteiger partial charge in [-0.15, -0.1) is 0 Å². The number of rotatable bonds is 9. The van der Waals surface area contributed by atoms with Gasteiger partial charge in [-0.2, -0.15) is 35.4 Å². The number of sulfonamides is 2. The van der Waals surface area contributed by atoms with E-state index < -0.39 is 57.4 Å². The monoisotopic (exact) mass is 988 g/mol. The van der Waals surface area contributed by atoms with E-state index in [9.17, 15) is 43.2 Å². The highest BCUT2D eigenvalue weighted by Crippen LogP contribution is 2.41. The molecule has 0 spiro atoms. The molecule has 8 aromatic rings. The molecule has 8 nitrogen and oxygen atoms in total. The summed E-state index contributed by atoms with van der Waals surface area (Å²) in [4.78, 5) is 6.14. The molecule has 0 amide bonds. The van der Waals surface area contributed by atoms with Gasteiger partial charge in [-0.3, -0.25) is 0 Å². The van der Waals surface area contributed by atoms with Gasteiger partial charge in [0.2, 0.25) is 20.0 Å². The Balaban J connectivity index is 0.000000187. The predicted octanol–water partition coefficient (Wildman–Crippen LogP) is 13.2. The molecule has 1 aliphatic heterocycles. The molecule has 2 aromatic heterocycles. The second-order valence-corrected chi connectivity index (χ2v) is 20.5. The molecule has 0 saturated carbocycles. The van der Waals surface area contributed by atoms with E-state index in [1.165, 1.54) is 28.2 Å². The van der Waals surface area contributed by atoms with Crippen molar-refractivity contribution in [3.05, 3.63) is 179 Å². The fourth-order valence-electron chi connectivity index (χ4n) is 8.86. The van der Waals surface area contributed by atoms with Gasteiger partial charge >= 0.3 is 12.4 Å². The predicted molar refractivity (Wildman–Crippen MR) is 263 cm³/mol. The highest BCUT2D eigenvalue weighted by molar-refractivity contribution is 7.89. The summed E-state index contributed by atoms with van der Waals surface area (Å²) in [6.07, 6.45) is -6.33. The standard InChI is InChI=1S/C26H25F3N2O2S.C14H11N.C12H14F3NO2S.CH4/c1-16-12-17(2)25(18(3)13-16)34(32,33)31-23(26(27,28)29)14-20-15-30-22-11-7-10-21(24(20)22)19-8-5-4-6-9-19;1-2-5-11(6-3-1)12-7-4-8-14-13(12)9-10-15-14;1-7-4-8(2)11(9(3)5-7)19(17,18)16-6-10(16)12(13,14)15;/h4-13,15,23,30-31H,14H2,1-3H3;1-10,15H;4-5,10H,6H2,1-3H3;1H4. The van der Waals surface area contributed by atoms with E-state index in [4.69, 9.17) is 0 Å². The van der Waals surface area contributed by atoms with Crippen LogP contribution in [0.2, 0.25) is 0 Å². The summed E-state index contributed by atoms with van der Waals surface area (Å²) in [5.41, 5.74) is 9.95. The van der Waals surface area contributed by atoms with Gasteiger partial charge in [0, 0.05) is 40.7 Å². The van der Waals surface area contributed by atoms with Gasteiger partial charge in [0.15, 0.2) is 0 Å². The third kappa shape index (κ3) is 11.6. The van der Waals surface area contributed by atoms with Crippen molar-refractivity contribution in [3.8, 4) is 22.3 Å². The maximum Gasteiger partial charge on any atom is 0.406 e. The molecule has 1 aliphatic rings. The van der Waals surface area contributed by atoms with E-state index in [2.05, 4.69) is 58.5 Å². The molecule has 9 rings (SSSR count). The zero-order valence-electron chi connectivity index (χ0n) is 38.0. The highest BCUT2D eigenvalue weighted by atomic mass is 32.2. The van der Waals surface area contributed by atoms with Crippen molar-refractivity contribution in [2.75, 3.05) is 6.54 Å². The van der Waals surface area contributed by atoms with Crippen molar-refractivity contribution in [3.63, 3.8) is 0 Å². The SMILES string of the molecule is C.Cc1cc(C)c(S(=O)(=O)N2CC2C(F)(F)F)c(C)c1.Cc1cc(C)c(S(=O)(=O)NC(Cc2c[nH]c3cccc(-c4ccccc4)c23)C(F)(F)F)c(C)c1.c1ccc(-c2cccc3[nH]ccc23)cc1. The molecule has 364 valence electrons. The fourth-order valence-corrected chi connectivity index (χ4v) is 12.5. The minimum atomic E-state index is -4.79. The van der Waals surface area contributed by atoms with Gasteiger partial charge in [0.05, 0.1) is 9.79 Å². The van der Waals surface area contributed by atoms with Gasteiger partial charge < -0.3 is 9.97 Å². The molecule has 16 heteroatoms. The van der Waals surface area contributed by atoms with Crippen LogP contribution in [0.15, 0.2) is 150 Å². The van der Waals surface area contributed by atoms with Crippen LogP contribution < -0.4 is 4.72 Å². The van der Waals surface area contributed by atoms with E-state index in [0.717, 1.165) is 22.3 Å². The number of nitrogens with zero attached hydrogens (tertiary/aromatic N) is 1.